The van der Waals surface area contributed by atoms with Gasteiger partial charge in [0.2, 0.25) is 11.9 Å². The van der Waals surface area contributed by atoms with Gasteiger partial charge in [0.05, 0.1) is 6.10 Å². The van der Waals surface area contributed by atoms with Crippen LogP contribution in [0.15, 0.2) is 0 Å². The zero-order chi connectivity index (χ0) is 15.8. The van der Waals surface area contributed by atoms with Crippen molar-refractivity contribution in [3.63, 3.8) is 0 Å². The lowest BCUT2D eigenvalue weighted by molar-refractivity contribution is 0.222. The largest absolute Gasteiger partial charge is 0.461 e. The lowest BCUT2D eigenvalue weighted by atomic mass is 10.3. The second kappa shape index (κ2) is 8.61. The Kier molecular flexibility index (Phi) is 7.14. The van der Waals surface area contributed by atoms with Crippen LogP contribution < -0.4 is 15.4 Å². The summed E-state index contributed by atoms with van der Waals surface area (Å²) in [5, 5.41) is 6.31. The van der Waals surface area contributed by atoms with E-state index >= 15 is 0 Å². The number of rotatable bonds is 9. The molecule has 0 spiro atoms. The van der Waals surface area contributed by atoms with Gasteiger partial charge in [0.15, 0.2) is 0 Å². The normalized spacial score (nSPS) is 11.3. The van der Waals surface area contributed by atoms with Gasteiger partial charge in [0, 0.05) is 25.7 Å². The smallest absolute Gasteiger partial charge is 0.323 e. The highest BCUT2D eigenvalue weighted by Crippen LogP contribution is 2.12. The number of hydrogen-bond donors (Lipinski definition) is 2. The van der Waals surface area contributed by atoms with Crippen LogP contribution in [-0.2, 0) is 0 Å². The van der Waals surface area contributed by atoms with Crippen LogP contribution in [0.4, 0.5) is 11.9 Å². The molecule has 0 aromatic carbocycles. The predicted molar refractivity (Wildman–Crippen MR) is 86.0 cm³/mol. The first kappa shape index (κ1) is 17.4. The molecule has 21 heavy (non-hydrogen) atoms. The number of anilines is 2. The first-order valence-corrected chi connectivity index (χ1v) is 7.53. The van der Waals surface area contributed by atoms with Crippen molar-refractivity contribution in [3.05, 3.63) is 0 Å². The van der Waals surface area contributed by atoms with Gasteiger partial charge >= 0.3 is 6.01 Å². The molecule has 1 heterocycles. The third-order valence-electron chi connectivity index (χ3n) is 2.92. The topological polar surface area (TPSA) is 75.2 Å². The van der Waals surface area contributed by atoms with E-state index < -0.39 is 0 Å². The van der Waals surface area contributed by atoms with Crippen molar-refractivity contribution < 1.29 is 4.74 Å². The van der Waals surface area contributed by atoms with Crippen molar-refractivity contribution in [1.29, 1.82) is 0 Å². The molecule has 7 heteroatoms. The fraction of sp³-hybridized carbons (Fsp3) is 0.786. The summed E-state index contributed by atoms with van der Waals surface area (Å²) in [5.74, 6) is 1.07. The number of likely N-dealkylation sites (N-methyl/N-ethyl adjacent to an activating group) is 1. The van der Waals surface area contributed by atoms with E-state index in [2.05, 4.69) is 51.4 Å². The number of hydrogen-bond acceptors (Lipinski definition) is 7. The highest BCUT2D eigenvalue weighted by Gasteiger charge is 2.09. The van der Waals surface area contributed by atoms with E-state index in [4.69, 9.17) is 4.74 Å². The maximum atomic E-state index is 5.55. The van der Waals surface area contributed by atoms with E-state index in [0.717, 1.165) is 19.6 Å². The Balaban J connectivity index is 2.68. The minimum absolute atomic E-state index is 0.0294. The lowest BCUT2D eigenvalue weighted by Gasteiger charge is -2.21. The van der Waals surface area contributed by atoms with Crippen LogP contribution in [0.1, 0.15) is 34.6 Å². The van der Waals surface area contributed by atoms with Gasteiger partial charge in [-0.15, -0.1) is 0 Å². The molecule has 0 saturated carbocycles. The van der Waals surface area contributed by atoms with Crippen LogP contribution in [0.2, 0.25) is 0 Å². The van der Waals surface area contributed by atoms with Crippen molar-refractivity contribution in [2.75, 3.05) is 37.3 Å². The molecule has 0 unspecified atom stereocenters. The Labute approximate surface area is 127 Å². The molecule has 7 nitrogen and oxygen atoms in total. The van der Waals surface area contributed by atoms with E-state index in [1.165, 1.54) is 0 Å². The van der Waals surface area contributed by atoms with Gasteiger partial charge in [0.25, 0.3) is 0 Å². The molecule has 0 atom stereocenters. The van der Waals surface area contributed by atoms with E-state index in [0.29, 0.717) is 23.9 Å². The molecule has 0 radical (unpaired) electrons. The quantitative estimate of drug-likeness (QED) is 0.720. The van der Waals surface area contributed by atoms with Crippen molar-refractivity contribution in [3.8, 4) is 6.01 Å². The molecule has 0 saturated heterocycles. The van der Waals surface area contributed by atoms with Crippen molar-refractivity contribution >= 4 is 11.9 Å². The Hall–Kier alpha value is -1.63. The second-order valence-electron chi connectivity index (χ2n) is 5.46. The molecule has 1 aromatic rings. The summed E-state index contributed by atoms with van der Waals surface area (Å²) in [5.41, 5.74) is 0. The number of ether oxygens (including phenoxy) is 1. The summed E-state index contributed by atoms with van der Waals surface area (Å²) < 4.78 is 5.55. The average molecular weight is 296 g/mol. The minimum Gasteiger partial charge on any atom is -0.461 e. The maximum Gasteiger partial charge on any atom is 0.323 e. The number of nitrogens with one attached hydrogen (secondary N) is 2. The average Bonchev–Trinajstić information content (AvgIpc) is 2.37. The first-order valence-electron chi connectivity index (χ1n) is 7.53. The predicted octanol–water partition coefficient (Wildman–Crippen LogP) is 1.84. The fourth-order valence-electron chi connectivity index (χ4n) is 1.54. The first-order chi connectivity index (χ1) is 9.92. The van der Waals surface area contributed by atoms with Gasteiger partial charge in [-0.1, -0.05) is 0 Å². The van der Waals surface area contributed by atoms with Crippen LogP contribution in [-0.4, -0.2) is 58.7 Å². The molecular formula is C14H28N6O. The SMILES string of the molecule is CCNc1nc(NCCN(C)C(C)C)nc(OC(C)C)n1. The van der Waals surface area contributed by atoms with Crippen LogP contribution in [0.25, 0.3) is 0 Å². The molecule has 1 aromatic heterocycles. The summed E-state index contributed by atoms with van der Waals surface area (Å²) >= 11 is 0. The summed E-state index contributed by atoms with van der Waals surface area (Å²) in [6.45, 7) is 12.7. The molecule has 0 aliphatic carbocycles. The summed E-state index contributed by atoms with van der Waals surface area (Å²) in [6.07, 6.45) is 0.0294. The van der Waals surface area contributed by atoms with Crippen LogP contribution in [0.5, 0.6) is 6.01 Å². The molecule has 1 rings (SSSR count). The van der Waals surface area contributed by atoms with E-state index in [1.54, 1.807) is 0 Å². The molecule has 2 N–H and O–H groups in total. The molecular weight excluding hydrogens is 268 g/mol. The molecule has 0 amide bonds. The van der Waals surface area contributed by atoms with Crippen molar-refractivity contribution in [1.82, 2.24) is 19.9 Å². The maximum absolute atomic E-state index is 5.55. The molecule has 0 aliphatic heterocycles. The Morgan fingerprint density at radius 3 is 2.19 bits per heavy atom. The Bertz CT molecular complexity index is 424. The fourth-order valence-corrected chi connectivity index (χ4v) is 1.54. The minimum atomic E-state index is 0.0294. The van der Waals surface area contributed by atoms with Crippen molar-refractivity contribution in [2.24, 2.45) is 0 Å². The second-order valence-corrected chi connectivity index (χ2v) is 5.46. The van der Waals surface area contributed by atoms with Crippen LogP contribution in [0, 0.1) is 0 Å². The summed E-state index contributed by atoms with van der Waals surface area (Å²) in [6, 6.07) is 0.859. The molecule has 0 aliphatic rings. The Morgan fingerprint density at radius 2 is 1.67 bits per heavy atom. The van der Waals surface area contributed by atoms with Crippen LogP contribution in [0.3, 0.4) is 0 Å². The third-order valence-corrected chi connectivity index (χ3v) is 2.92. The Morgan fingerprint density at radius 1 is 1.05 bits per heavy atom. The standard InChI is InChI=1S/C14H28N6O/c1-7-15-12-17-13(16-8-9-20(6)10(2)3)19-14(18-12)21-11(4)5/h10-11H,7-9H2,1-6H3,(H2,15,16,17,18,19). The van der Waals surface area contributed by atoms with Crippen molar-refractivity contribution in [2.45, 2.75) is 46.8 Å². The van der Waals surface area contributed by atoms with Crippen LogP contribution >= 0.6 is 0 Å². The van der Waals surface area contributed by atoms with E-state index in [-0.39, 0.29) is 6.10 Å². The number of aromatic nitrogens is 3. The lowest BCUT2D eigenvalue weighted by Crippen LogP contribution is -2.31. The highest BCUT2D eigenvalue weighted by atomic mass is 16.5. The molecule has 120 valence electrons. The van der Waals surface area contributed by atoms with E-state index in [9.17, 15) is 0 Å². The molecule has 0 fully saturated rings. The highest BCUT2D eigenvalue weighted by molar-refractivity contribution is 5.35. The van der Waals surface area contributed by atoms with Gasteiger partial charge in [-0.25, -0.2) is 0 Å². The van der Waals surface area contributed by atoms with Gasteiger partial charge in [-0.2, -0.15) is 15.0 Å². The number of nitrogens with zero attached hydrogens (tertiary/aromatic N) is 4. The van der Waals surface area contributed by atoms with Gasteiger partial charge in [-0.3, -0.25) is 0 Å². The third kappa shape index (κ3) is 6.57. The van der Waals surface area contributed by atoms with Gasteiger partial charge in [0.1, 0.15) is 0 Å². The van der Waals surface area contributed by atoms with Gasteiger partial charge < -0.3 is 20.3 Å². The summed E-state index contributed by atoms with van der Waals surface area (Å²) in [4.78, 5) is 15.1. The zero-order valence-electron chi connectivity index (χ0n) is 14.0. The molecule has 0 bridgehead atoms. The monoisotopic (exact) mass is 296 g/mol. The zero-order valence-corrected chi connectivity index (χ0v) is 14.0. The van der Waals surface area contributed by atoms with E-state index in [1.807, 2.05) is 20.8 Å². The summed E-state index contributed by atoms with van der Waals surface area (Å²) in [7, 11) is 2.09. The van der Waals surface area contributed by atoms with Gasteiger partial charge in [-0.05, 0) is 41.7 Å².